The van der Waals surface area contributed by atoms with E-state index in [-0.39, 0.29) is 29.3 Å². The maximum absolute atomic E-state index is 12.6. The molecule has 2 aromatic carbocycles. The van der Waals surface area contributed by atoms with E-state index in [4.69, 9.17) is 0 Å². The summed E-state index contributed by atoms with van der Waals surface area (Å²) in [4.78, 5) is 24.6. The van der Waals surface area contributed by atoms with Crippen molar-refractivity contribution in [3.8, 4) is 0 Å². The third-order valence-electron chi connectivity index (χ3n) is 5.29. The van der Waals surface area contributed by atoms with Crippen LogP contribution >= 0.6 is 0 Å². The Morgan fingerprint density at radius 1 is 1.00 bits per heavy atom. The quantitative estimate of drug-likeness (QED) is 0.435. The van der Waals surface area contributed by atoms with Gasteiger partial charge in [-0.2, -0.15) is 5.10 Å². The molecule has 0 radical (unpaired) electrons. The molecule has 0 atom stereocenters. The molecule has 174 valence electrons. The number of aryl methyl sites for hydroxylation is 2. The van der Waals surface area contributed by atoms with Crippen LogP contribution in [0.25, 0.3) is 0 Å². The van der Waals surface area contributed by atoms with Gasteiger partial charge in [0.05, 0.1) is 10.6 Å². The molecule has 33 heavy (non-hydrogen) atoms. The average molecular weight is 470 g/mol. The lowest BCUT2D eigenvalue weighted by molar-refractivity contribution is -0.121. The predicted octanol–water partition coefficient (Wildman–Crippen LogP) is 1.91. The Bertz CT molecular complexity index is 1250. The number of amides is 2. The van der Waals surface area contributed by atoms with E-state index in [2.05, 4.69) is 20.7 Å². The van der Waals surface area contributed by atoms with Gasteiger partial charge < -0.3 is 0 Å². The summed E-state index contributed by atoms with van der Waals surface area (Å²) in [6, 6.07) is 14.7. The molecule has 2 amide bonds. The monoisotopic (exact) mass is 469 g/mol. The summed E-state index contributed by atoms with van der Waals surface area (Å²) < 4.78 is 29.5. The number of carbonyl (C=O) groups is 2. The summed E-state index contributed by atoms with van der Waals surface area (Å²) in [7, 11) is -1.97. The number of nitrogens with zero attached hydrogens (tertiary/aromatic N) is 2. The van der Waals surface area contributed by atoms with E-state index in [1.165, 1.54) is 24.3 Å². The number of aromatic nitrogens is 2. The Labute approximate surface area is 193 Å². The molecule has 3 aromatic rings. The number of hydrogen-bond donors (Lipinski definition) is 3. The minimum absolute atomic E-state index is 0.0417. The second kappa shape index (κ2) is 10.4. The minimum Gasteiger partial charge on any atom is -0.273 e. The highest BCUT2D eigenvalue weighted by atomic mass is 32.2. The molecule has 0 unspecified atom stereocenters. The summed E-state index contributed by atoms with van der Waals surface area (Å²) in [5.74, 6) is -0.975. The van der Waals surface area contributed by atoms with Gasteiger partial charge in [-0.05, 0) is 49.6 Å². The van der Waals surface area contributed by atoms with Crippen molar-refractivity contribution in [2.45, 2.75) is 38.1 Å². The van der Waals surface area contributed by atoms with Crippen LogP contribution in [0, 0.1) is 13.8 Å². The molecule has 0 aliphatic rings. The van der Waals surface area contributed by atoms with Gasteiger partial charge in [-0.1, -0.05) is 36.4 Å². The molecule has 9 nitrogen and oxygen atoms in total. The minimum atomic E-state index is -3.82. The first-order chi connectivity index (χ1) is 15.7. The van der Waals surface area contributed by atoms with Crippen molar-refractivity contribution < 1.29 is 18.0 Å². The van der Waals surface area contributed by atoms with Crippen molar-refractivity contribution in [3.63, 3.8) is 0 Å². The van der Waals surface area contributed by atoms with E-state index in [1.54, 1.807) is 4.68 Å². The number of hydrogen-bond acceptors (Lipinski definition) is 5. The van der Waals surface area contributed by atoms with Gasteiger partial charge in [0.1, 0.15) is 0 Å². The second-order valence-electron chi connectivity index (χ2n) is 7.61. The zero-order chi connectivity index (χ0) is 24.0. The van der Waals surface area contributed by atoms with Gasteiger partial charge in [0.25, 0.3) is 5.91 Å². The van der Waals surface area contributed by atoms with Crippen LogP contribution in [-0.2, 0) is 34.8 Å². The molecule has 1 aromatic heterocycles. The number of carbonyl (C=O) groups excluding carboxylic acids is 2. The highest BCUT2D eigenvalue weighted by Gasteiger charge is 2.17. The van der Waals surface area contributed by atoms with Crippen LogP contribution in [0.3, 0.4) is 0 Å². The van der Waals surface area contributed by atoms with Crippen LogP contribution in [-0.4, -0.2) is 30.0 Å². The molecular weight excluding hydrogens is 442 g/mol. The molecule has 10 heteroatoms. The Hall–Kier alpha value is -3.50. The van der Waals surface area contributed by atoms with E-state index in [9.17, 15) is 18.0 Å². The number of nitrogens with one attached hydrogen (secondary N) is 3. The molecule has 0 bridgehead atoms. The van der Waals surface area contributed by atoms with Gasteiger partial charge in [-0.3, -0.25) is 25.1 Å². The van der Waals surface area contributed by atoms with E-state index in [0.717, 1.165) is 22.5 Å². The molecule has 0 saturated carbocycles. The first-order valence-corrected chi connectivity index (χ1v) is 11.9. The number of benzene rings is 2. The van der Waals surface area contributed by atoms with E-state index >= 15 is 0 Å². The van der Waals surface area contributed by atoms with Crippen molar-refractivity contribution in [1.29, 1.82) is 0 Å². The Kier molecular flexibility index (Phi) is 7.62. The van der Waals surface area contributed by atoms with Crippen molar-refractivity contribution >= 4 is 21.8 Å². The van der Waals surface area contributed by atoms with Crippen LogP contribution in [0.1, 0.15) is 39.3 Å². The lowest BCUT2D eigenvalue weighted by Gasteiger charge is -2.10. The molecule has 0 fully saturated rings. The molecule has 0 saturated heterocycles. The van der Waals surface area contributed by atoms with Gasteiger partial charge in [0, 0.05) is 31.3 Å². The maximum atomic E-state index is 12.6. The second-order valence-corrected chi connectivity index (χ2v) is 9.38. The number of sulfonamides is 1. The van der Waals surface area contributed by atoms with Crippen LogP contribution in [0.15, 0.2) is 59.5 Å². The average Bonchev–Trinajstić information content (AvgIpc) is 3.06. The van der Waals surface area contributed by atoms with Crippen molar-refractivity contribution in [2.75, 3.05) is 0 Å². The topological polar surface area (TPSA) is 122 Å². The van der Waals surface area contributed by atoms with Gasteiger partial charge in [0.15, 0.2) is 0 Å². The largest absolute Gasteiger partial charge is 0.273 e. The van der Waals surface area contributed by atoms with Crippen LogP contribution < -0.4 is 15.6 Å². The molecular formula is C23H27N5O4S. The molecule has 3 rings (SSSR count). The summed E-state index contributed by atoms with van der Waals surface area (Å²) in [5, 5.41) is 4.32. The van der Waals surface area contributed by atoms with Gasteiger partial charge in [0.2, 0.25) is 15.9 Å². The summed E-state index contributed by atoms with van der Waals surface area (Å²) >= 11 is 0. The Balaban J connectivity index is 1.56. The Morgan fingerprint density at radius 2 is 1.73 bits per heavy atom. The SMILES string of the molecule is Cc1nn(C)c(C)c1CCC(=O)NNC(=O)c1cccc(S(=O)(=O)NCc2ccccc2)c1. The predicted molar refractivity (Wildman–Crippen MR) is 124 cm³/mol. The fraction of sp³-hybridized carbons (Fsp3) is 0.261. The molecule has 1 heterocycles. The maximum Gasteiger partial charge on any atom is 0.269 e. The lowest BCUT2D eigenvalue weighted by Crippen LogP contribution is -2.41. The first kappa shape index (κ1) is 24.1. The van der Waals surface area contributed by atoms with Crippen LogP contribution in [0.2, 0.25) is 0 Å². The standard InChI is InChI=1S/C23H27N5O4S/c1-16-21(17(2)28(3)27-16)12-13-22(29)25-26-23(30)19-10-7-11-20(14-19)33(31,32)24-15-18-8-5-4-6-9-18/h4-11,14,24H,12-13,15H2,1-3H3,(H,25,29)(H,26,30). The van der Waals surface area contributed by atoms with Crippen molar-refractivity contribution in [2.24, 2.45) is 7.05 Å². The summed E-state index contributed by atoms with van der Waals surface area (Å²) in [5.41, 5.74) is 8.48. The summed E-state index contributed by atoms with van der Waals surface area (Å²) in [6.45, 7) is 3.95. The highest BCUT2D eigenvalue weighted by Crippen LogP contribution is 2.14. The Morgan fingerprint density at radius 3 is 2.39 bits per heavy atom. The third kappa shape index (κ3) is 6.27. The number of rotatable bonds is 8. The fourth-order valence-electron chi connectivity index (χ4n) is 3.34. The zero-order valence-electron chi connectivity index (χ0n) is 18.8. The van der Waals surface area contributed by atoms with Crippen molar-refractivity contribution in [1.82, 2.24) is 25.4 Å². The lowest BCUT2D eigenvalue weighted by atomic mass is 10.1. The van der Waals surface area contributed by atoms with Gasteiger partial charge in [-0.25, -0.2) is 13.1 Å². The summed E-state index contributed by atoms with van der Waals surface area (Å²) in [6.07, 6.45) is 0.666. The normalized spacial score (nSPS) is 11.2. The third-order valence-corrected chi connectivity index (χ3v) is 6.69. The van der Waals surface area contributed by atoms with E-state index in [0.29, 0.717) is 6.42 Å². The first-order valence-electron chi connectivity index (χ1n) is 10.4. The van der Waals surface area contributed by atoms with Gasteiger partial charge >= 0.3 is 0 Å². The fourth-order valence-corrected chi connectivity index (χ4v) is 4.40. The highest BCUT2D eigenvalue weighted by molar-refractivity contribution is 7.89. The van der Waals surface area contributed by atoms with E-state index in [1.807, 2.05) is 51.2 Å². The smallest absolute Gasteiger partial charge is 0.269 e. The molecule has 0 aliphatic heterocycles. The van der Waals surface area contributed by atoms with E-state index < -0.39 is 15.9 Å². The molecule has 0 spiro atoms. The van der Waals surface area contributed by atoms with Crippen molar-refractivity contribution in [3.05, 3.63) is 82.7 Å². The van der Waals surface area contributed by atoms with Gasteiger partial charge in [-0.15, -0.1) is 0 Å². The number of hydrazine groups is 1. The molecule has 3 N–H and O–H groups in total. The zero-order valence-corrected chi connectivity index (χ0v) is 19.6. The van der Waals surface area contributed by atoms with Crippen LogP contribution in [0.4, 0.5) is 0 Å². The molecule has 0 aliphatic carbocycles. The van der Waals surface area contributed by atoms with Crippen LogP contribution in [0.5, 0.6) is 0 Å².